The van der Waals surface area contributed by atoms with E-state index >= 15 is 0 Å². The second-order valence-electron chi connectivity index (χ2n) is 6.18. The Bertz CT molecular complexity index is 744. The molecule has 0 spiro atoms. The van der Waals surface area contributed by atoms with E-state index in [0.717, 1.165) is 22.0 Å². The minimum atomic E-state index is -0.902. The molecule has 1 aliphatic rings. The lowest BCUT2D eigenvalue weighted by molar-refractivity contribution is -0.146. The first-order valence-electron chi connectivity index (χ1n) is 7.74. The van der Waals surface area contributed by atoms with E-state index in [4.69, 9.17) is 5.11 Å². The number of H-pyrrole nitrogens is 1. The molecule has 1 fully saturated rings. The average molecular weight is 316 g/mol. The zero-order valence-electron chi connectivity index (χ0n) is 13.0. The minimum Gasteiger partial charge on any atom is -0.481 e. The molecule has 122 valence electrons. The number of benzene rings is 1. The highest BCUT2D eigenvalue weighted by atomic mass is 16.4. The van der Waals surface area contributed by atoms with E-state index < -0.39 is 18.0 Å². The molecular weight excluding hydrogens is 296 g/mol. The van der Waals surface area contributed by atoms with Gasteiger partial charge < -0.3 is 15.2 Å². The van der Waals surface area contributed by atoms with Crippen LogP contribution in [0.2, 0.25) is 0 Å². The summed E-state index contributed by atoms with van der Waals surface area (Å²) in [5, 5.41) is 19.7. The third kappa shape index (κ3) is 2.94. The number of nitrogens with one attached hydrogen (secondary N) is 1. The third-order valence-electron chi connectivity index (χ3n) is 4.64. The van der Waals surface area contributed by atoms with Gasteiger partial charge in [-0.25, -0.2) is 0 Å². The summed E-state index contributed by atoms with van der Waals surface area (Å²) in [6.45, 7) is 2.93. The van der Waals surface area contributed by atoms with Crippen LogP contribution in [0.5, 0.6) is 0 Å². The second kappa shape index (κ2) is 6.04. The van der Waals surface area contributed by atoms with Gasteiger partial charge >= 0.3 is 11.9 Å². The van der Waals surface area contributed by atoms with Crippen molar-refractivity contribution in [1.82, 2.24) is 9.88 Å². The Morgan fingerprint density at radius 3 is 2.57 bits per heavy atom. The molecule has 3 N–H and O–H groups in total. The zero-order chi connectivity index (χ0) is 16.6. The van der Waals surface area contributed by atoms with Gasteiger partial charge in [0.2, 0.25) is 0 Å². The van der Waals surface area contributed by atoms with Gasteiger partial charge in [-0.15, -0.1) is 0 Å². The normalized spacial score (nSPS) is 18.1. The van der Waals surface area contributed by atoms with Gasteiger partial charge in [-0.2, -0.15) is 0 Å². The Hall–Kier alpha value is -2.34. The number of hydrogen-bond donors (Lipinski definition) is 3. The van der Waals surface area contributed by atoms with E-state index in [1.807, 2.05) is 30.0 Å². The maximum absolute atomic E-state index is 11.9. The summed E-state index contributed by atoms with van der Waals surface area (Å²) >= 11 is 0. The van der Waals surface area contributed by atoms with Crippen LogP contribution < -0.4 is 0 Å². The lowest BCUT2D eigenvalue weighted by atomic mass is 9.94. The van der Waals surface area contributed by atoms with Crippen molar-refractivity contribution in [2.75, 3.05) is 13.1 Å². The van der Waals surface area contributed by atoms with Crippen molar-refractivity contribution in [3.63, 3.8) is 0 Å². The molecule has 0 bridgehead atoms. The molecular formula is C17H20N2O4. The minimum absolute atomic E-state index is 0.370. The first-order valence-corrected chi connectivity index (χ1v) is 7.74. The Morgan fingerprint density at radius 2 is 1.96 bits per heavy atom. The lowest BCUT2D eigenvalue weighted by Crippen LogP contribution is -2.41. The van der Waals surface area contributed by atoms with Gasteiger partial charge in [0.15, 0.2) is 0 Å². The van der Waals surface area contributed by atoms with E-state index in [-0.39, 0.29) is 5.92 Å². The topological polar surface area (TPSA) is 93.6 Å². The highest BCUT2D eigenvalue weighted by Crippen LogP contribution is 2.32. The number of aliphatic carboxylic acids is 2. The van der Waals surface area contributed by atoms with Crippen molar-refractivity contribution in [1.29, 1.82) is 0 Å². The largest absolute Gasteiger partial charge is 0.481 e. The van der Waals surface area contributed by atoms with Crippen LogP contribution >= 0.6 is 0 Å². The second-order valence-corrected chi connectivity index (χ2v) is 6.18. The number of carboxylic acids is 2. The van der Waals surface area contributed by atoms with Crippen LogP contribution in [0.15, 0.2) is 24.4 Å². The summed E-state index contributed by atoms with van der Waals surface area (Å²) in [5.74, 6) is -2.06. The fourth-order valence-electron chi connectivity index (χ4n) is 3.37. The standard InChI is InChI=1S/C17H20N2O4/c1-10-2-3-14-12(8-10)13(9-18-14)15(17(22)23)19-6-4-11(5-7-19)16(20)21/h2-3,8-9,11,15,18H,4-7H2,1H3,(H,20,21)(H,22,23)/t15-/m1/s1. The first kappa shape index (κ1) is 15.6. The Morgan fingerprint density at radius 1 is 1.26 bits per heavy atom. The molecule has 1 aliphatic heterocycles. The van der Waals surface area contributed by atoms with E-state index in [9.17, 15) is 14.7 Å². The van der Waals surface area contributed by atoms with Crippen LogP contribution in [0.3, 0.4) is 0 Å². The molecule has 2 heterocycles. The smallest absolute Gasteiger partial charge is 0.325 e. The fraction of sp³-hybridized carbons (Fsp3) is 0.412. The van der Waals surface area contributed by atoms with Crippen LogP contribution in [-0.2, 0) is 9.59 Å². The van der Waals surface area contributed by atoms with Crippen molar-refractivity contribution in [2.45, 2.75) is 25.8 Å². The Kier molecular flexibility index (Phi) is 4.09. The predicted molar refractivity (Wildman–Crippen MR) is 85.3 cm³/mol. The van der Waals surface area contributed by atoms with E-state index in [2.05, 4.69) is 4.98 Å². The number of aryl methyl sites for hydroxylation is 1. The maximum Gasteiger partial charge on any atom is 0.325 e. The Labute approximate surface area is 133 Å². The van der Waals surface area contributed by atoms with Gasteiger partial charge in [0, 0.05) is 35.8 Å². The molecule has 1 aromatic heterocycles. The number of aromatic nitrogens is 1. The molecule has 1 aromatic carbocycles. The third-order valence-corrected chi connectivity index (χ3v) is 4.64. The van der Waals surface area contributed by atoms with Crippen molar-refractivity contribution < 1.29 is 19.8 Å². The fourth-order valence-corrected chi connectivity index (χ4v) is 3.37. The van der Waals surface area contributed by atoms with Gasteiger partial charge in [0.1, 0.15) is 6.04 Å². The van der Waals surface area contributed by atoms with Crippen LogP contribution in [0.25, 0.3) is 10.9 Å². The Balaban J connectivity index is 1.91. The zero-order valence-corrected chi connectivity index (χ0v) is 13.0. The number of carbonyl (C=O) groups is 2. The van der Waals surface area contributed by atoms with Crippen molar-refractivity contribution in [2.24, 2.45) is 5.92 Å². The van der Waals surface area contributed by atoms with E-state index in [0.29, 0.717) is 25.9 Å². The average Bonchev–Trinajstić information content (AvgIpc) is 2.91. The van der Waals surface area contributed by atoms with E-state index in [1.54, 1.807) is 6.20 Å². The van der Waals surface area contributed by atoms with Crippen LogP contribution in [0.1, 0.15) is 30.0 Å². The number of fused-ring (bicyclic) bond motifs is 1. The number of aromatic amines is 1. The highest BCUT2D eigenvalue weighted by Gasteiger charge is 2.34. The molecule has 2 aromatic rings. The van der Waals surface area contributed by atoms with Crippen LogP contribution in [-0.4, -0.2) is 45.1 Å². The molecule has 0 aliphatic carbocycles. The quantitative estimate of drug-likeness (QED) is 0.805. The number of piperidine rings is 1. The molecule has 23 heavy (non-hydrogen) atoms. The summed E-state index contributed by atoms with van der Waals surface area (Å²) in [6, 6.07) is 5.17. The molecule has 1 atom stereocenters. The van der Waals surface area contributed by atoms with Gasteiger partial charge in [-0.1, -0.05) is 11.6 Å². The number of likely N-dealkylation sites (tertiary alicyclic amines) is 1. The van der Waals surface area contributed by atoms with Gasteiger partial charge in [0.25, 0.3) is 0 Å². The molecule has 6 heteroatoms. The number of rotatable bonds is 4. The van der Waals surface area contributed by atoms with Crippen molar-refractivity contribution in [3.8, 4) is 0 Å². The molecule has 0 radical (unpaired) electrons. The summed E-state index contributed by atoms with van der Waals surface area (Å²) in [6.07, 6.45) is 2.73. The van der Waals surface area contributed by atoms with Gasteiger partial charge in [-0.3, -0.25) is 14.5 Å². The van der Waals surface area contributed by atoms with Crippen molar-refractivity contribution in [3.05, 3.63) is 35.5 Å². The number of carboxylic acid groups (broad SMARTS) is 2. The summed E-state index contributed by atoms with van der Waals surface area (Å²) < 4.78 is 0. The molecule has 3 rings (SSSR count). The van der Waals surface area contributed by atoms with E-state index in [1.165, 1.54) is 0 Å². The van der Waals surface area contributed by atoms with Crippen LogP contribution in [0.4, 0.5) is 0 Å². The van der Waals surface area contributed by atoms with Crippen molar-refractivity contribution >= 4 is 22.8 Å². The molecule has 6 nitrogen and oxygen atoms in total. The monoisotopic (exact) mass is 316 g/mol. The summed E-state index contributed by atoms with van der Waals surface area (Å²) in [5.41, 5.74) is 2.73. The van der Waals surface area contributed by atoms with Gasteiger partial charge in [0.05, 0.1) is 5.92 Å². The SMILES string of the molecule is Cc1ccc2[nH]cc([C@H](C(=O)O)N3CCC(C(=O)O)CC3)c2c1. The number of hydrogen-bond acceptors (Lipinski definition) is 3. The summed E-state index contributed by atoms with van der Waals surface area (Å²) in [4.78, 5) is 27.9. The predicted octanol–water partition coefficient (Wildman–Crippen LogP) is 2.40. The molecule has 1 saturated heterocycles. The molecule has 0 unspecified atom stereocenters. The van der Waals surface area contributed by atoms with Gasteiger partial charge in [-0.05, 0) is 31.9 Å². The number of nitrogens with zero attached hydrogens (tertiary/aromatic N) is 1. The highest BCUT2D eigenvalue weighted by molar-refractivity contribution is 5.89. The maximum atomic E-state index is 11.9. The summed E-state index contributed by atoms with van der Waals surface area (Å²) in [7, 11) is 0. The molecule has 0 saturated carbocycles. The lowest BCUT2D eigenvalue weighted by Gasteiger charge is -2.34. The first-order chi connectivity index (χ1) is 11.0. The van der Waals surface area contributed by atoms with Crippen LogP contribution in [0, 0.1) is 12.8 Å². The molecule has 0 amide bonds.